The molecule has 3 aliphatic rings. The van der Waals surface area contributed by atoms with Crippen LogP contribution in [-0.2, 0) is 4.79 Å². The van der Waals surface area contributed by atoms with Crippen LogP contribution in [0.2, 0.25) is 0 Å². The molecule has 0 spiro atoms. The van der Waals surface area contributed by atoms with Gasteiger partial charge in [0, 0.05) is 19.1 Å². The van der Waals surface area contributed by atoms with E-state index in [2.05, 4.69) is 4.90 Å². The van der Waals surface area contributed by atoms with Crippen molar-refractivity contribution in [1.82, 2.24) is 4.90 Å². The Morgan fingerprint density at radius 2 is 2.27 bits per heavy atom. The van der Waals surface area contributed by atoms with Crippen molar-refractivity contribution in [2.24, 2.45) is 5.92 Å². The largest absolute Gasteiger partial charge is 0.481 e. The number of carbonyl (C=O) groups is 1. The van der Waals surface area contributed by atoms with E-state index >= 15 is 0 Å². The molecule has 1 N–H and O–H groups in total. The third kappa shape index (κ3) is 1.25. The zero-order valence-corrected chi connectivity index (χ0v) is 6.49. The van der Waals surface area contributed by atoms with Gasteiger partial charge in [0.25, 0.3) is 0 Å². The molecule has 11 heavy (non-hydrogen) atoms. The van der Waals surface area contributed by atoms with Crippen molar-refractivity contribution in [3.05, 3.63) is 0 Å². The van der Waals surface area contributed by atoms with Gasteiger partial charge in [-0.05, 0) is 18.8 Å². The molecule has 2 heterocycles. The number of rotatable bonds is 3. The minimum absolute atomic E-state index is 0.309. The second kappa shape index (κ2) is 2.48. The lowest BCUT2D eigenvalue weighted by Gasteiger charge is -2.25. The Labute approximate surface area is 66.0 Å². The van der Waals surface area contributed by atoms with Crippen molar-refractivity contribution in [3.63, 3.8) is 0 Å². The van der Waals surface area contributed by atoms with E-state index in [-0.39, 0.29) is 0 Å². The molecule has 2 saturated heterocycles. The van der Waals surface area contributed by atoms with Gasteiger partial charge in [-0.25, -0.2) is 0 Å². The third-order valence-corrected chi connectivity index (χ3v) is 2.83. The number of fused-ring (bicyclic) bond motifs is 1. The van der Waals surface area contributed by atoms with Crippen LogP contribution in [0.5, 0.6) is 0 Å². The Morgan fingerprint density at radius 1 is 1.55 bits per heavy atom. The SMILES string of the molecule is O=C(O)CCN1CC2CC1C2. The Bertz CT molecular complexity index is 175. The summed E-state index contributed by atoms with van der Waals surface area (Å²) in [6.45, 7) is 1.91. The fourth-order valence-corrected chi connectivity index (χ4v) is 2.14. The number of carboxylic acids is 1. The Balaban J connectivity index is 1.75. The first-order valence-electron chi connectivity index (χ1n) is 4.21. The summed E-state index contributed by atoms with van der Waals surface area (Å²) in [4.78, 5) is 12.6. The number of nitrogens with zero attached hydrogens (tertiary/aromatic N) is 1. The van der Waals surface area contributed by atoms with Gasteiger partial charge in [0.05, 0.1) is 6.42 Å². The van der Waals surface area contributed by atoms with Gasteiger partial charge < -0.3 is 5.11 Å². The lowest BCUT2D eigenvalue weighted by Crippen LogP contribution is -2.30. The van der Waals surface area contributed by atoms with Crippen molar-refractivity contribution in [3.8, 4) is 0 Å². The molecule has 0 unspecified atom stereocenters. The summed E-state index contributed by atoms with van der Waals surface area (Å²) in [5, 5.41) is 8.45. The number of hydrogen-bond acceptors (Lipinski definition) is 2. The van der Waals surface area contributed by atoms with Gasteiger partial charge in [-0.3, -0.25) is 9.69 Å². The van der Waals surface area contributed by atoms with Gasteiger partial charge in [-0.1, -0.05) is 0 Å². The lowest BCUT2D eigenvalue weighted by atomic mass is 9.86. The highest BCUT2D eigenvalue weighted by Gasteiger charge is 2.42. The molecule has 0 aromatic heterocycles. The average Bonchev–Trinajstić information content (AvgIpc) is 2.36. The Morgan fingerprint density at radius 3 is 2.73 bits per heavy atom. The molecule has 0 aromatic carbocycles. The van der Waals surface area contributed by atoms with Crippen molar-refractivity contribution >= 4 is 5.97 Å². The van der Waals surface area contributed by atoms with Gasteiger partial charge in [-0.2, -0.15) is 0 Å². The van der Waals surface area contributed by atoms with Crippen molar-refractivity contribution in [2.45, 2.75) is 25.3 Å². The molecule has 2 aliphatic heterocycles. The van der Waals surface area contributed by atoms with E-state index in [4.69, 9.17) is 5.11 Å². The zero-order valence-electron chi connectivity index (χ0n) is 6.49. The van der Waals surface area contributed by atoms with E-state index in [1.54, 1.807) is 0 Å². The van der Waals surface area contributed by atoms with Crippen molar-refractivity contribution in [2.75, 3.05) is 13.1 Å². The molecule has 3 heteroatoms. The van der Waals surface area contributed by atoms with Crippen LogP contribution in [0.25, 0.3) is 0 Å². The van der Waals surface area contributed by atoms with Crippen LogP contribution in [0, 0.1) is 5.92 Å². The van der Waals surface area contributed by atoms with Gasteiger partial charge in [0.1, 0.15) is 0 Å². The van der Waals surface area contributed by atoms with Crippen LogP contribution in [0.15, 0.2) is 0 Å². The summed E-state index contributed by atoms with van der Waals surface area (Å²) in [7, 11) is 0. The summed E-state index contributed by atoms with van der Waals surface area (Å²) in [5.41, 5.74) is 0. The summed E-state index contributed by atoms with van der Waals surface area (Å²) in [6, 6.07) is 0.736. The molecule has 0 aromatic rings. The summed E-state index contributed by atoms with van der Waals surface area (Å²) < 4.78 is 0. The van der Waals surface area contributed by atoms with Crippen LogP contribution in [0.3, 0.4) is 0 Å². The summed E-state index contributed by atoms with van der Waals surface area (Å²) in [5.74, 6) is 0.225. The first-order valence-corrected chi connectivity index (χ1v) is 4.21. The van der Waals surface area contributed by atoms with E-state index in [1.807, 2.05) is 0 Å². The third-order valence-electron chi connectivity index (χ3n) is 2.83. The van der Waals surface area contributed by atoms with Gasteiger partial charge in [-0.15, -0.1) is 0 Å². The molecule has 0 amide bonds. The molecule has 3 nitrogen and oxygen atoms in total. The molecular weight excluding hydrogens is 142 g/mol. The Hall–Kier alpha value is -0.570. The average molecular weight is 155 g/mol. The smallest absolute Gasteiger partial charge is 0.304 e. The number of carboxylic acid groups (broad SMARTS) is 1. The van der Waals surface area contributed by atoms with Gasteiger partial charge >= 0.3 is 5.97 Å². The predicted molar refractivity (Wildman–Crippen MR) is 40.3 cm³/mol. The van der Waals surface area contributed by atoms with Gasteiger partial charge in [0.15, 0.2) is 0 Å². The number of hydrogen-bond donors (Lipinski definition) is 1. The maximum absolute atomic E-state index is 10.2. The molecule has 2 bridgehead atoms. The van der Waals surface area contributed by atoms with E-state index in [0.717, 1.165) is 25.0 Å². The Kier molecular flexibility index (Phi) is 1.60. The van der Waals surface area contributed by atoms with E-state index in [1.165, 1.54) is 12.8 Å². The fraction of sp³-hybridized carbons (Fsp3) is 0.875. The monoisotopic (exact) mass is 155 g/mol. The molecule has 1 aliphatic carbocycles. The predicted octanol–water partition coefficient (Wildman–Crippen LogP) is 0.555. The van der Waals surface area contributed by atoms with E-state index in [9.17, 15) is 4.79 Å². The summed E-state index contributed by atoms with van der Waals surface area (Å²) >= 11 is 0. The molecule has 3 rings (SSSR count). The molecule has 1 saturated carbocycles. The number of aliphatic carboxylic acids is 1. The minimum atomic E-state index is -0.672. The van der Waals surface area contributed by atoms with Crippen molar-refractivity contribution in [1.29, 1.82) is 0 Å². The molecule has 62 valence electrons. The highest BCUT2D eigenvalue weighted by atomic mass is 16.4. The topological polar surface area (TPSA) is 40.5 Å². The van der Waals surface area contributed by atoms with Gasteiger partial charge in [0.2, 0.25) is 0 Å². The normalized spacial score (nSPS) is 35.3. The second-order valence-electron chi connectivity index (χ2n) is 3.63. The van der Waals surface area contributed by atoms with Crippen LogP contribution in [0.4, 0.5) is 0 Å². The minimum Gasteiger partial charge on any atom is -0.481 e. The maximum atomic E-state index is 10.2. The fourth-order valence-electron chi connectivity index (χ4n) is 2.14. The first kappa shape index (κ1) is 7.10. The molecular formula is C8H13NO2. The lowest BCUT2D eigenvalue weighted by molar-refractivity contribution is -0.137. The molecule has 0 atom stereocenters. The second-order valence-corrected chi connectivity index (χ2v) is 3.63. The van der Waals surface area contributed by atoms with E-state index < -0.39 is 5.97 Å². The zero-order chi connectivity index (χ0) is 7.84. The van der Waals surface area contributed by atoms with Crippen LogP contribution in [0.1, 0.15) is 19.3 Å². The van der Waals surface area contributed by atoms with E-state index in [0.29, 0.717) is 6.42 Å². The highest BCUT2D eigenvalue weighted by Crippen LogP contribution is 2.40. The van der Waals surface area contributed by atoms with Crippen LogP contribution >= 0.6 is 0 Å². The molecule has 3 fully saturated rings. The standard InChI is InChI=1S/C8H13NO2/c10-8(11)1-2-9-5-6-3-7(9)4-6/h6-7H,1-5H2,(H,10,11). The highest BCUT2D eigenvalue weighted by molar-refractivity contribution is 5.66. The maximum Gasteiger partial charge on any atom is 0.304 e. The first-order chi connectivity index (χ1) is 5.25. The quantitative estimate of drug-likeness (QED) is 0.647. The summed E-state index contributed by atoms with van der Waals surface area (Å²) in [6.07, 6.45) is 2.95. The molecule has 0 radical (unpaired) electrons. The van der Waals surface area contributed by atoms with Crippen molar-refractivity contribution < 1.29 is 9.90 Å². The van der Waals surface area contributed by atoms with Crippen LogP contribution < -0.4 is 0 Å². The van der Waals surface area contributed by atoms with Crippen LogP contribution in [-0.4, -0.2) is 35.1 Å².